The Morgan fingerprint density at radius 2 is 1.53 bits per heavy atom. The van der Waals surface area contributed by atoms with Crippen molar-refractivity contribution in [3.05, 3.63) is 75.0 Å². The molecule has 10 heteroatoms. The highest BCUT2D eigenvalue weighted by Gasteiger charge is 2.29. The van der Waals surface area contributed by atoms with Crippen LogP contribution in [0.25, 0.3) is 16.4 Å². The molecule has 0 saturated carbocycles. The SMILES string of the molecule is C=C(C)c1ccc(COC(=O)COc2ccc(OCC=O)c3c2S/C(=c2\c(=C)n(CCCC)n(CCCC)c2=O)S3)cc1. The number of hydrogen-bond acceptors (Lipinski definition) is 8. The molecule has 1 aliphatic rings. The molecule has 0 radical (unpaired) electrons. The van der Waals surface area contributed by atoms with Crippen molar-refractivity contribution < 1.29 is 23.8 Å². The van der Waals surface area contributed by atoms with Gasteiger partial charge in [0.05, 0.1) is 24.6 Å². The smallest absolute Gasteiger partial charge is 0.344 e. The number of esters is 1. The Morgan fingerprint density at radius 3 is 2.12 bits per heavy atom. The van der Waals surface area contributed by atoms with Crippen LogP contribution >= 0.6 is 23.5 Å². The summed E-state index contributed by atoms with van der Waals surface area (Å²) in [6.07, 6.45) is 4.49. The maximum Gasteiger partial charge on any atom is 0.344 e. The topological polar surface area (TPSA) is 88.8 Å². The van der Waals surface area contributed by atoms with E-state index in [1.807, 2.05) is 35.9 Å². The monoisotopic (exact) mass is 622 g/mol. The summed E-state index contributed by atoms with van der Waals surface area (Å²) in [6, 6.07) is 11.1. The van der Waals surface area contributed by atoms with E-state index in [0.29, 0.717) is 46.3 Å². The van der Waals surface area contributed by atoms with Gasteiger partial charge in [-0.3, -0.25) is 14.3 Å². The molecule has 0 amide bonds. The molecule has 0 aliphatic carbocycles. The van der Waals surface area contributed by atoms with E-state index >= 15 is 0 Å². The van der Waals surface area contributed by atoms with Crippen molar-refractivity contribution in [2.75, 3.05) is 13.2 Å². The number of rotatable bonds is 15. The maximum absolute atomic E-state index is 13.7. The van der Waals surface area contributed by atoms with Crippen LogP contribution in [0, 0.1) is 0 Å². The number of nitrogens with zero attached hydrogens (tertiary/aromatic N) is 2. The number of fused-ring (bicyclic) bond motifs is 1. The van der Waals surface area contributed by atoms with Crippen LogP contribution in [0.5, 0.6) is 11.5 Å². The first-order valence-corrected chi connectivity index (χ1v) is 16.1. The summed E-state index contributed by atoms with van der Waals surface area (Å²) in [7, 11) is 0. The third kappa shape index (κ3) is 7.67. The van der Waals surface area contributed by atoms with Gasteiger partial charge in [-0.1, -0.05) is 93.2 Å². The standard InChI is InChI=1S/C33H38N2O6S2/c1-6-8-16-34-23(5)29(32(38)35(34)17-9-7-2)33-42-30-26(39-19-18-36)14-15-27(31(30)43-33)40-21-28(37)41-20-24-10-12-25(13-11-24)22(3)4/h10-15,18H,3,5-9,16-17,19-21H2,1-2,4H3/b33-29+. The fourth-order valence-electron chi connectivity index (χ4n) is 4.54. The van der Waals surface area contributed by atoms with Gasteiger partial charge in [0.15, 0.2) is 12.9 Å². The average molecular weight is 623 g/mol. The zero-order chi connectivity index (χ0) is 30.9. The number of benzene rings is 2. The van der Waals surface area contributed by atoms with E-state index in [9.17, 15) is 14.4 Å². The minimum absolute atomic E-state index is 0.0740. The van der Waals surface area contributed by atoms with Gasteiger partial charge in [0.2, 0.25) is 0 Å². The Kier molecular flexibility index (Phi) is 11.4. The largest absolute Gasteiger partial charge is 0.485 e. The summed E-state index contributed by atoms with van der Waals surface area (Å²) in [5.41, 5.74) is 2.78. The van der Waals surface area contributed by atoms with Crippen LogP contribution in [0.4, 0.5) is 0 Å². The molecule has 3 aromatic rings. The normalized spacial score (nSPS) is 13.5. The highest BCUT2D eigenvalue weighted by Crippen LogP contribution is 2.58. The first-order valence-electron chi connectivity index (χ1n) is 14.4. The first-order chi connectivity index (χ1) is 20.8. The molecule has 2 heterocycles. The molecule has 0 spiro atoms. The molecule has 1 aromatic heterocycles. The van der Waals surface area contributed by atoms with Gasteiger partial charge in [0.1, 0.15) is 24.7 Å². The number of hydrogen-bond donors (Lipinski definition) is 0. The zero-order valence-corrected chi connectivity index (χ0v) is 26.6. The van der Waals surface area contributed by atoms with Crippen molar-refractivity contribution in [3.8, 4) is 11.5 Å². The van der Waals surface area contributed by atoms with Crippen LogP contribution < -0.4 is 25.6 Å². The van der Waals surface area contributed by atoms with E-state index < -0.39 is 5.97 Å². The molecule has 228 valence electrons. The van der Waals surface area contributed by atoms with Gasteiger partial charge in [0.25, 0.3) is 5.56 Å². The van der Waals surface area contributed by atoms with E-state index in [1.165, 1.54) is 23.5 Å². The van der Waals surface area contributed by atoms with Crippen molar-refractivity contribution in [1.82, 2.24) is 9.36 Å². The van der Waals surface area contributed by atoms with Crippen LogP contribution in [-0.4, -0.2) is 34.8 Å². The van der Waals surface area contributed by atoms with E-state index in [2.05, 4.69) is 27.0 Å². The summed E-state index contributed by atoms with van der Waals surface area (Å²) in [5.74, 6) is 0.460. The summed E-state index contributed by atoms with van der Waals surface area (Å²) in [6.45, 7) is 15.5. The molecule has 0 unspecified atom stereocenters. The van der Waals surface area contributed by atoms with Crippen LogP contribution in [0.2, 0.25) is 0 Å². The van der Waals surface area contributed by atoms with Crippen molar-refractivity contribution >= 4 is 52.2 Å². The first kappa shape index (κ1) is 32.3. The fourth-order valence-corrected chi connectivity index (χ4v) is 7.29. The lowest BCUT2D eigenvalue weighted by Crippen LogP contribution is -2.35. The number of aldehydes is 1. The third-order valence-electron chi connectivity index (χ3n) is 6.92. The lowest BCUT2D eigenvalue weighted by atomic mass is 10.1. The number of ether oxygens (including phenoxy) is 3. The van der Waals surface area contributed by atoms with Gasteiger partial charge in [-0.25, -0.2) is 9.48 Å². The van der Waals surface area contributed by atoms with Crippen molar-refractivity contribution in [2.45, 2.75) is 75.9 Å². The van der Waals surface area contributed by atoms with E-state index in [0.717, 1.165) is 51.5 Å². The van der Waals surface area contributed by atoms with Crippen molar-refractivity contribution in [3.63, 3.8) is 0 Å². The Morgan fingerprint density at radius 1 is 0.930 bits per heavy atom. The minimum Gasteiger partial charge on any atom is -0.485 e. The Balaban J connectivity index is 1.59. The lowest BCUT2D eigenvalue weighted by molar-refractivity contribution is -0.147. The second-order valence-corrected chi connectivity index (χ2v) is 12.5. The van der Waals surface area contributed by atoms with E-state index in [1.54, 1.807) is 16.8 Å². The van der Waals surface area contributed by atoms with Gasteiger partial charge in [-0.15, -0.1) is 0 Å². The predicted molar refractivity (Wildman–Crippen MR) is 173 cm³/mol. The molecule has 4 rings (SSSR count). The lowest BCUT2D eigenvalue weighted by Gasteiger charge is -2.12. The Labute approximate surface area is 260 Å². The number of thioether (sulfide) groups is 2. The van der Waals surface area contributed by atoms with Gasteiger partial charge < -0.3 is 14.2 Å². The van der Waals surface area contributed by atoms with E-state index in [4.69, 9.17) is 14.2 Å². The molecule has 0 fully saturated rings. The second-order valence-electron chi connectivity index (χ2n) is 10.2. The zero-order valence-electron chi connectivity index (χ0n) is 25.0. The predicted octanol–water partition coefficient (Wildman–Crippen LogP) is 5.36. The molecule has 0 bridgehead atoms. The third-order valence-corrected chi connectivity index (χ3v) is 9.55. The van der Waals surface area contributed by atoms with Gasteiger partial charge >= 0.3 is 5.97 Å². The highest BCUT2D eigenvalue weighted by molar-refractivity contribution is 8.32. The van der Waals surface area contributed by atoms with Gasteiger partial charge in [-0.2, -0.15) is 0 Å². The number of carbonyl (C=O) groups excluding carboxylic acids is 2. The van der Waals surface area contributed by atoms with Crippen LogP contribution in [0.3, 0.4) is 0 Å². The number of aromatic nitrogens is 2. The summed E-state index contributed by atoms with van der Waals surface area (Å²) in [5, 5.41) is 1.23. The summed E-state index contributed by atoms with van der Waals surface area (Å²) >= 11 is 2.78. The van der Waals surface area contributed by atoms with E-state index in [-0.39, 0.29) is 25.4 Å². The molecular weight excluding hydrogens is 585 g/mol. The maximum atomic E-state index is 13.7. The molecule has 43 heavy (non-hydrogen) atoms. The molecule has 8 nitrogen and oxygen atoms in total. The molecule has 0 saturated heterocycles. The second kappa shape index (κ2) is 15.2. The Bertz CT molecular complexity index is 1610. The minimum atomic E-state index is -0.509. The Hall–Kier alpha value is -3.63. The molecule has 0 atom stereocenters. The molecule has 2 aromatic carbocycles. The summed E-state index contributed by atoms with van der Waals surface area (Å²) in [4.78, 5) is 38.7. The quantitative estimate of drug-likeness (QED) is 0.166. The molecular formula is C33H38N2O6S2. The average Bonchev–Trinajstić information content (AvgIpc) is 3.54. The number of carbonyl (C=O) groups is 2. The van der Waals surface area contributed by atoms with Crippen LogP contribution in [0.1, 0.15) is 57.6 Å². The van der Waals surface area contributed by atoms with Crippen LogP contribution in [0.15, 0.2) is 57.6 Å². The fraction of sp³-hybridized carbons (Fsp3) is 0.364. The summed E-state index contributed by atoms with van der Waals surface area (Å²) < 4.78 is 21.6. The van der Waals surface area contributed by atoms with Crippen molar-refractivity contribution in [2.24, 2.45) is 0 Å². The molecule has 0 N–H and O–H groups in total. The number of unbranched alkanes of at least 4 members (excludes halogenated alkanes) is 2. The number of allylic oxidation sites excluding steroid dienone is 1. The van der Waals surface area contributed by atoms with Crippen molar-refractivity contribution in [1.29, 1.82) is 0 Å². The molecule has 1 aliphatic heterocycles. The van der Waals surface area contributed by atoms with Gasteiger partial charge in [-0.05, 0) is 43.0 Å². The van der Waals surface area contributed by atoms with Gasteiger partial charge in [0, 0.05) is 13.1 Å². The van der Waals surface area contributed by atoms with Crippen LogP contribution in [-0.2, 0) is 34.0 Å². The highest BCUT2D eigenvalue weighted by atomic mass is 32.2.